The Kier molecular flexibility index (Phi) is 7.88. The van der Waals surface area contributed by atoms with E-state index in [-0.39, 0.29) is 36.5 Å². The number of phenols is 1. The van der Waals surface area contributed by atoms with Crippen LogP contribution in [0, 0.1) is 11.8 Å². The average molecular weight is 519 g/mol. The molecule has 1 N–H and O–H groups in total. The summed E-state index contributed by atoms with van der Waals surface area (Å²) in [5.74, 6) is -0.287. The highest BCUT2D eigenvalue weighted by Crippen LogP contribution is 2.41. The number of carbonyl (C=O) groups excluding carboxylic acids is 2. The molecule has 1 saturated carbocycles. The van der Waals surface area contributed by atoms with Gasteiger partial charge in [0.25, 0.3) is 5.91 Å². The van der Waals surface area contributed by atoms with E-state index in [0.717, 1.165) is 73.8 Å². The lowest BCUT2D eigenvalue weighted by Gasteiger charge is -2.38. The fourth-order valence-electron chi connectivity index (χ4n) is 5.76. The molecule has 2 atom stereocenters. The Morgan fingerprint density at radius 2 is 1.92 bits per heavy atom. The second-order valence-electron chi connectivity index (χ2n) is 10.5. The van der Waals surface area contributed by atoms with E-state index in [2.05, 4.69) is 5.18 Å². The SMILES string of the molecule is Cc1cccc([C@H](OC2CCCC2)C(=O)N2Cc3ccc(O)c(OC4=CCCCC4)c3C[C@H]2C(=O)N=O)c1. The summed E-state index contributed by atoms with van der Waals surface area (Å²) in [7, 11) is 0. The molecule has 0 aromatic heterocycles. The lowest BCUT2D eigenvalue weighted by Crippen LogP contribution is -2.50. The number of aryl methyl sites for hydroxylation is 1. The smallest absolute Gasteiger partial charge is 0.308 e. The number of benzene rings is 2. The van der Waals surface area contributed by atoms with Gasteiger partial charge in [0.15, 0.2) is 17.6 Å². The normalized spacial score (nSPS) is 20.4. The van der Waals surface area contributed by atoms with Gasteiger partial charge < -0.3 is 19.5 Å². The van der Waals surface area contributed by atoms with Gasteiger partial charge in [-0.05, 0) is 62.3 Å². The van der Waals surface area contributed by atoms with Gasteiger partial charge in [0.1, 0.15) is 11.8 Å². The van der Waals surface area contributed by atoms with E-state index in [4.69, 9.17) is 9.47 Å². The Labute approximate surface area is 222 Å². The van der Waals surface area contributed by atoms with Crippen molar-refractivity contribution in [2.24, 2.45) is 5.18 Å². The minimum absolute atomic E-state index is 0.0205. The molecule has 8 heteroatoms. The quantitative estimate of drug-likeness (QED) is 0.466. The molecule has 3 aliphatic rings. The van der Waals surface area contributed by atoms with Crippen LogP contribution in [0.5, 0.6) is 11.5 Å². The number of hydrogen-bond acceptors (Lipinski definition) is 6. The van der Waals surface area contributed by atoms with Crippen LogP contribution in [-0.4, -0.2) is 34.0 Å². The van der Waals surface area contributed by atoms with E-state index >= 15 is 0 Å². The monoisotopic (exact) mass is 518 g/mol. The van der Waals surface area contributed by atoms with Crippen LogP contribution >= 0.6 is 0 Å². The standard InChI is InChI=1S/C30H34N2O6/c1-19-8-7-9-20(16-19)27(37-22-12-5-6-13-22)30(35)32-18-21-14-15-26(33)28(38-23-10-3-2-4-11-23)24(21)17-25(32)29(34)31-36/h7-10,14-16,22,25,27,33H,2-6,11-13,17-18H2,1H3/t25-,27-/m0/s1. The van der Waals surface area contributed by atoms with Crippen molar-refractivity contribution in [1.29, 1.82) is 0 Å². The maximum Gasteiger partial charge on any atom is 0.308 e. The molecule has 1 fully saturated rings. The Morgan fingerprint density at radius 1 is 1.11 bits per heavy atom. The van der Waals surface area contributed by atoms with E-state index in [0.29, 0.717) is 5.56 Å². The number of carbonyl (C=O) groups is 2. The molecule has 0 unspecified atom stereocenters. The molecule has 2 aliphatic carbocycles. The molecule has 1 heterocycles. The molecule has 0 bridgehead atoms. The first-order chi connectivity index (χ1) is 18.4. The molecule has 2 aromatic carbocycles. The van der Waals surface area contributed by atoms with Crippen molar-refractivity contribution in [1.82, 2.24) is 4.90 Å². The van der Waals surface area contributed by atoms with E-state index in [9.17, 15) is 19.6 Å². The third-order valence-electron chi connectivity index (χ3n) is 7.79. The number of nitrogens with zero attached hydrogens (tertiary/aromatic N) is 2. The van der Waals surface area contributed by atoms with Crippen molar-refractivity contribution in [2.75, 3.05) is 0 Å². The third-order valence-corrected chi connectivity index (χ3v) is 7.79. The van der Waals surface area contributed by atoms with Gasteiger partial charge in [-0.25, -0.2) is 0 Å². The van der Waals surface area contributed by atoms with Crippen LogP contribution in [0.4, 0.5) is 0 Å². The highest BCUT2D eigenvalue weighted by molar-refractivity contribution is 5.91. The van der Waals surface area contributed by atoms with Crippen LogP contribution in [0.1, 0.15) is 79.7 Å². The van der Waals surface area contributed by atoms with Crippen molar-refractivity contribution in [3.63, 3.8) is 0 Å². The van der Waals surface area contributed by atoms with Crippen LogP contribution in [0.25, 0.3) is 0 Å². The molecule has 8 nitrogen and oxygen atoms in total. The number of amides is 2. The Balaban J connectivity index is 1.50. The molecule has 200 valence electrons. The largest absolute Gasteiger partial charge is 0.504 e. The van der Waals surface area contributed by atoms with Gasteiger partial charge in [0, 0.05) is 30.1 Å². The van der Waals surface area contributed by atoms with Crippen LogP contribution < -0.4 is 4.74 Å². The van der Waals surface area contributed by atoms with Crippen LogP contribution in [0.15, 0.2) is 53.4 Å². The lowest BCUT2D eigenvalue weighted by molar-refractivity contribution is -0.154. The summed E-state index contributed by atoms with van der Waals surface area (Å²) in [5, 5.41) is 13.4. The summed E-state index contributed by atoms with van der Waals surface area (Å²) >= 11 is 0. The zero-order chi connectivity index (χ0) is 26.6. The van der Waals surface area contributed by atoms with Crippen molar-refractivity contribution < 1.29 is 24.2 Å². The maximum atomic E-state index is 14.1. The number of ether oxygens (including phenoxy) is 2. The minimum Gasteiger partial charge on any atom is -0.504 e. The summed E-state index contributed by atoms with van der Waals surface area (Å²) < 4.78 is 12.5. The molecular weight excluding hydrogens is 484 g/mol. The van der Waals surface area contributed by atoms with E-state index < -0.39 is 18.1 Å². The van der Waals surface area contributed by atoms with Gasteiger partial charge in [-0.15, -0.1) is 4.91 Å². The van der Waals surface area contributed by atoms with E-state index in [1.165, 1.54) is 4.90 Å². The number of allylic oxidation sites excluding steroid dienone is 2. The molecule has 2 aromatic rings. The Morgan fingerprint density at radius 3 is 2.63 bits per heavy atom. The molecule has 0 radical (unpaired) electrons. The highest BCUT2D eigenvalue weighted by atomic mass is 16.5. The zero-order valence-corrected chi connectivity index (χ0v) is 21.7. The fourth-order valence-corrected chi connectivity index (χ4v) is 5.76. The molecule has 2 amide bonds. The summed E-state index contributed by atoms with van der Waals surface area (Å²) in [5.41, 5.74) is 3.08. The number of nitroso groups, excluding NO2 is 1. The van der Waals surface area contributed by atoms with Gasteiger partial charge in [0.2, 0.25) is 0 Å². The molecule has 5 rings (SSSR count). The topological polar surface area (TPSA) is 106 Å². The van der Waals surface area contributed by atoms with E-state index in [1.54, 1.807) is 12.1 Å². The van der Waals surface area contributed by atoms with Crippen LogP contribution in [-0.2, 0) is 27.3 Å². The highest BCUT2D eigenvalue weighted by Gasteiger charge is 2.41. The van der Waals surface area contributed by atoms with Gasteiger partial charge >= 0.3 is 5.91 Å². The van der Waals surface area contributed by atoms with Crippen molar-refractivity contribution in [3.8, 4) is 11.5 Å². The number of aromatic hydroxyl groups is 1. The van der Waals surface area contributed by atoms with E-state index in [1.807, 2.05) is 37.3 Å². The third kappa shape index (κ3) is 5.50. The number of rotatable bonds is 7. The average Bonchev–Trinajstić information content (AvgIpc) is 3.46. The second kappa shape index (κ2) is 11.5. The molecule has 1 aliphatic heterocycles. The number of fused-ring (bicyclic) bond motifs is 1. The summed E-state index contributed by atoms with van der Waals surface area (Å²) in [6.07, 6.45) is 8.73. The predicted molar refractivity (Wildman–Crippen MR) is 141 cm³/mol. The van der Waals surface area contributed by atoms with Crippen molar-refractivity contribution >= 4 is 11.8 Å². The first kappa shape index (κ1) is 26.1. The Hall–Kier alpha value is -3.52. The zero-order valence-electron chi connectivity index (χ0n) is 21.7. The van der Waals surface area contributed by atoms with Gasteiger partial charge in [-0.3, -0.25) is 9.59 Å². The van der Waals surface area contributed by atoms with Gasteiger partial charge in [0.05, 0.1) is 6.10 Å². The predicted octanol–water partition coefficient (Wildman–Crippen LogP) is 5.78. The van der Waals surface area contributed by atoms with Crippen LogP contribution in [0.3, 0.4) is 0 Å². The van der Waals surface area contributed by atoms with Gasteiger partial charge in [-0.2, -0.15) is 0 Å². The van der Waals surface area contributed by atoms with Crippen molar-refractivity contribution in [3.05, 3.63) is 75.4 Å². The minimum atomic E-state index is -1.11. The maximum absolute atomic E-state index is 14.1. The van der Waals surface area contributed by atoms with Gasteiger partial charge in [-0.1, -0.05) is 48.7 Å². The number of phenolic OH excluding ortho intramolecular Hbond substituents is 1. The molecular formula is C30H34N2O6. The second-order valence-corrected chi connectivity index (χ2v) is 10.5. The molecule has 0 saturated heterocycles. The fraction of sp³-hybridized carbons (Fsp3) is 0.467. The molecule has 38 heavy (non-hydrogen) atoms. The number of hydrogen-bond donors (Lipinski definition) is 1. The summed E-state index contributed by atoms with van der Waals surface area (Å²) in [6, 6.07) is 9.80. The summed E-state index contributed by atoms with van der Waals surface area (Å²) in [4.78, 5) is 39.8. The van der Waals surface area contributed by atoms with Crippen molar-refractivity contribution in [2.45, 2.75) is 89.5 Å². The first-order valence-corrected chi connectivity index (χ1v) is 13.5. The lowest BCUT2D eigenvalue weighted by atomic mass is 9.91. The van der Waals surface area contributed by atoms with Crippen LogP contribution in [0.2, 0.25) is 0 Å². The first-order valence-electron chi connectivity index (χ1n) is 13.5. The summed E-state index contributed by atoms with van der Waals surface area (Å²) in [6.45, 7) is 2.03. The Bertz CT molecular complexity index is 1250. The molecule has 0 spiro atoms.